The molecule has 0 amide bonds. The van der Waals surface area contributed by atoms with Crippen LogP contribution in [-0.2, 0) is 6.54 Å². The minimum absolute atomic E-state index is 0.418. The largest absolute Gasteiger partial charge is 0.366 e. The Kier molecular flexibility index (Phi) is 4.88. The number of aryl methyl sites for hydroxylation is 2. The summed E-state index contributed by atoms with van der Waals surface area (Å²) in [6.07, 6.45) is 0. The highest BCUT2D eigenvalue weighted by Crippen LogP contribution is 2.20. The Labute approximate surface area is 145 Å². The van der Waals surface area contributed by atoms with Gasteiger partial charge in [-0.1, -0.05) is 24.3 Å². The molecule has 0 aliphatic heterocycles. The van der Waals surface area contributed by atoms with Crippen molar-refractivity contribution in [3.8, 4) is 0 Å². The van der Waals surface area contributed by atoms with Crippen molar-refractivity contribution in [1.82, 2.24) is 9.97 Å². The average Bonchev–Trinajstić information content (AvgIpc) is 2.57. The fraction of sp³-hybridized carbons (Fsp3) is 0.158. The molecule has 0 aliphatic carbocycles. The number of benzene rings is 2. The van der Waals surface area contributed by atoms with Crippen LogP contribution >= 0.6 is 0 Å². The van der Waals surface area contributed by atoms with Gasteiger partial charge in [0.15, 0.2) is 11.6 Å². The van der Waals surface area contributed by atoms with Gasteiger partial charge >= 0.3 is 0 Å². The third kappa shape index (κ3) is 4.29. The third-order valence-corrected chi connectivity index (χ3v) is 3.75. The second kappa shape index (κ2) is 7.25. The lowest BCUT2D eigenvalue weighted by Crippen LogP contribution is -2.06. The maximum atomic E-state index is 13.3. The van der Waals surface area contributed by atoms with Crippen LogP contribution in [-0.4, -0.2) is 9.97 Å². The molecule has 128 valence electrons. The zero-order valence-electron chi connectivity index (χ0n) is 14.0. The van der Waals surface area contributed by atoms with Crippen molar-refractivity contribution in [1.29, 1.82) is 0 Å². The van der Waals surface area contributed by atoms with Gasteiger partial charge in [-0.3, -0.25) is 0 Å². The van der Waals surface area contributed by atoms with Crippen LogP contribution in [0.3, 0.4) is 0 Å². The van der Waals surface area contributed by atoms with E-state index >= 15 is 0 Å². The van der Waals surface area contributed by atoms with Crippen molar-refractivity contribution >= 4 is 17.3 Å². The zero-order chi connectivity index (χ0) is 17.8. The summed E-state index contributed by atoms with van der Waals surface area (Å²) in [6, 6.07) is 13.4. The van der Waals surface area contributed by atoms with Crippen molar-refractivity contribution in [2.75, 3.05) is 10.6 Å². The molecule has 0 aliphatic rings. The monoisotopic (exact) mass is 340 g/mol. The van der Waals surface area contributed by atoms with Gasteiger partial charge in [0.1, 0.15) is 17.5 Å². The van der Waals surface area contributed by atoms with Crippen LogP contribution in [0.1, 0.15) is 17.0 Å². The highest BCUT2D eigenvalue weighted by Gasteiger charge is 2.06. The minimum atomic E-state index is -0.909. The number of halogens is 2. The summed E-state index contributed by atoms with van der Waals surface area (Å²) in [7, 11) is 0. The molecular formula is C19H18F2N4. The van der Waals surface area contributed by atoms with Gasteiger partial charge in [0, 0.05) is 24.4 Å². The van der Waals surface area contributed by atoms with Gasteiger partial charge in [-0.2, -0.15) is 0 Å². The van der Waals surface area contributed by atoms with Crippen molar-refractivity contribution in [2.45, 2.75) is 20.4 Å². The van der Waals surface area contributed by atoms with Gasteiger partial charge in [-0.15, -0.1) is 0 Å². The Morgan fingerprint density at radius 3 is 2.40 bits per heavy atom. The highest BCUT2D eigenvalue weighted by atomic mass is 19.2. The van der Waals surface area contributed by atoms with Crippen LogP contribution in [0.5, 0.6) is 0 Å². The Balaban J connectivity index is 1.76. The fourth-order valence-corrected chi connectivity index (χ4v) is 2.44. The summed E-state index contributed by atoms with van der Waals surface area (Å²) in [5, 5.41) is 6.23. The summed E-state index contributed by atoms with van der Waals surface area (Å²) < 4.78 is 26.3. The zero-order valence-corrected chi connectivity index (χ0v) is 14.0. The van der Waals surface area contributed by atoms with Gasteiger partial charge in [0.05, 0.1) is 0 Å². The Bertz CT molecular complexity index is 896. The van der Waals surface area contributed by atoms with E-state index in [0.717, 1.165) is 12.1 Å². The molecule has 6 heteroatoms. The third-order valence-electron chi connectivity index (χ3n) is 3.75. The first-order chi connectivity index (χ1) is 12.0. The molecule has 2 N–H and O–H groups in total. The Hall–Kier alpha value is -3.02. The molecule has 1 heterocycles. The quantitative estimate of drug-likeness (QED) is 0.705. The maximum Gasteiger partial charge on any atom is 0.160 e. The van der Waals surface area contributed by atoms with Crippen molar-refractivity contribution in [2.24, 2.45) is 0 Å². The second-order valence-corrected chi connectivity index (χ2v) is 5.72. The van der Waals surface area contributed by atoms with Crippen molar-refractivity contribution in [3.05, 3.63) is 77.1 Å². The van der Waals surface area contributed by atoms with Gasteiger partial charge in [-0.25, -0.2) is 18.7 Å². The smallest absolute Gasteiger partial charge is 0.160 e. The molecular weight excluding hydrogens is 322 g/mol. The molecule has 0 bridgehead atoms. The maximum absolute atomic E-state index is 13.3. The number of nitrogens with one attached hydrogen (secondary N) is 2. The molecule has 0 fully saturated rings. The van der Waals surface area contributed by atoms with E-state index in [9.17, 15) is 8.78 Å². The van der Waals surface area contributed by atoms with Crippen LogP contribution in [0.2, 0.25) is 0 Å². The predicted molar refractivity (Wildman–Crippen MR) is 94.9 cm³/mol. The van der Waals surface area contributed by atoms with Gasteiger partial charge in [0.2, 0.25) is 0 Å². The summed E-state index contributed by atoms with van der Waals surface area (Å²) >= 11 is 0. The summed E-state index contributed by atoms with van der Waals surface area (Å²) in [6.45, 7) is 4.46. The molecule has 0 saturated heterocycles. The molecule has 0 radical (unpaired) electrons. The molecule has 0 atom stereocenters. The molecule has 1 aromatic heterocycles. The van der Waals surface area contributed by atoms with E-state index in [1.807, 2.05) is 12.1 Å². The number of aromatic nitrogens is 2. The average molecular weight is 340 g/mol. The standard InChI is InChI=1S/C19H18F2N4/c1-12-5-3-4-6-14(12)11-22-18-10-19(24-13(2)23-18)25-15-7-8-16(20)17(21)9-15/h3-10H,11H2,1-2H3,(H2,22,23,24,25). The molecule has 4 nitrogen and oxygen atoms in total. The first-order valence-corrected chi connectivity index (χ1v) is 7.87. The summed E-state index contributed by atoms with van der Waals surface area (Å²) in [4.78, 5) is 8.63. The van der Waals surface area contributed by atoms with E-state index in [4.69, 9.17) is 0 Å². The van der Waals surface area contributed by atoms with E-state index in [1.54, 1.807) is 13.0 Å². The fourth-order valence-electron chi connectivity index (χ4n) is 2.44. The van der Waals surface area contributed by atoms with Crippen LogP contribution in [0.25, 0.3) is 0 Å². The first-order valence-electron chi connectivity index (χ1n) is 7.87. The van der Waals surface area contributed by atoms with Gasteiger partial charge < -0.3 is 10.6 Å². The predicted octanol–water partition coefficient (Wildman–Crippen LogP) is 4.73. The molecule has 0 spiro atoms. The van der Waals surface area contributed by atoms with Crippen LogP contribution in [0.15, 0.2) is 48.5 Å². The normalized spacial score (nSPS) is 10.6. The SMILES string of the molecule is Cc1nc(NCc2ccccc2C)cc(Nc2ccc(F)c(F)c2)n1. The van der Waals surface area contributed by atoms with Crippen LogP contribution < -0.4 is 10.6 Å². The second-order valence-electron chi connectivity index (χ2n) is 5.72. The number of anilines is 3. The van der Waals surface area contributed by atoms with Crippen LogP contribution in [0, 0.1) is 25.5 Å². The lowest BCUT2D eigenvalue weighted by molar-refractivity contribution is 0.509. The molecule has 25 heavy (non-hydrogen) atoms. The molecule has 3 aromatic rings. The van der Waals surface area contributed by atoms with E-state index < -0.39 is 11.6 Å². The highest BCUT2D eigenvalue weighted by molar-refractivity contribution is 5.59. The van der Waals surface area contributed by atoms with Crippen LogP contribution in [0.4, 0.5) is 26.1 Å². The molecule has 0 saturated carbocycles. The topological polar surface area (TPSA) is 49.8 Å². The van der Waals surface area contributed by atoms with E-state index in [2.05, 4.69) is 39.7 Å². The van der Waals surface area contributed by atoms with Crippen molar-refractivity contribution in [3.63, 3.8) is 0 Å². The first kappa shape index (κ1) is 16.8. The molecule has 0 unspecified atom stereocenters. The lowest BCUT2D eigenvalue weighted by atomic mass is 10.1. The number of nitrogens with zero attached hydrogens (tertiary/aromatic N) is 2. The van der Waals surface area contributed by atoms with Crippen molar-refractivity contribution < 1.29 is 8.78 Å². The van der Waals surface area contributed by atoms with E-state index in [-0.39, 0.29) is 0 Å². The summed E-state index contributed by atoms with van der Waals surface area (Å²) in [5.41, 5.74) is 2.79. The number of hydrogen-bond donors (Lipinski definition) is 2. The van der Waals surface area contributed by atoms with E-state index in [0.29, 0.717) is 29.7 Å². The Morgan fingerprint density at radius 2 is 1.64 bits per heavy atom. The minimum Gasteiger partial charge on any atom is -0.366 e. The summed E-state index contributed by atoms with van der Waals surface area (Å²) in [5.74, 6) is -0.0646. The van der Waals surface area contributed by atoms with Gasteiger partial charge in [-0.05, 0) is 37.1 Å². The Morgan fingerprint density at radius 1 is 0.880 bits per heavy atom. The molecule has 3 rings (SSSR count). The van der Waals surface area contributed by atoms with Gasteiger partial charge in [0.25, 0.3) is 0 Å². The molecule has 2 aromatic carbocycles. The number of rotatable bonds is 5. The lowest BCUT2D eigenvalue weighted by Gasteiger charge is -2.11. The number of hydrogen-bond acceptors (Lipinski definition) is 4. The van der Waals surface area contributed by atoms with E-state index in [1.165, 1.54) is 17.2 Å².